The molecule has 368 valence electrons. The molecule has 0 aliphatic carbocycles. The summed E-state index contributed by atoms with van der Waals surface area (Å²) in [5.74, 6) is 0.941. The highest BCUT2D eigenvalue weighted by Gasteiger charge is 2.39. The van der Waals surface area contributed by atoms with Gasteiger partial charge in [-0.3, -0.25) is 0 Å². The van der Waals surface area contributed by atoms with Crippen LogP contribution in [-0.4, -0.2) is 50.3 Å². The van der Waals surface area contributed by atoms with Crippen LogP contribution >= 0.6 is 0 Å². The molecule has 4 rings (SSSR count). The Hall–Kier alpha value is -4.01. The summed E-state index contributed by atoms with van der Waals surface area (Å²) in [4.78, 5) is 24.7. The molecule has 0 radical (unpaired) electrons. The van der Waals surface area contributed by atoms with Gasteiger partial charge in [0.25, 0.3) is 0 Å². The molecule has 0 spiro atoms. The Morgan fingerprint density at radius 3 is 1.00 bits per heavy atom. The fraction of sp³-hybridized carbons (Fsp3) is 0.536. The predicted molar refractivity (Wildman–Crippen MR) is 282 cm³/mol. The number of carbonyl (C=O) groups excluding carboxylic acids is 2. The normalized spacial score (nSPS) is 11.9. The average Bonchev–Trinajstić information content (AvgIpc) is 3.31. The lowest BCUT2D eigenvalue weighted by molar-refractivity contribution is 0.0464. The van der Waals surface area contributed by atoms with E-state index in [0.29, 0.717) is 24.3 Å². The Labute approximate surface area is 408 Å². The third-order valence-electron chi connectivity index (χ3n) is 12.0. The molecule has 8 nitrogen and oxygen atoms in total. The predicted octanol–water partition coefficient (Wildman–Crippen LogP) is 16.0. The van der Waals surface area contributed by atoms with E-state index in [0.717, 1.165) is 35.5 Å². The monoisotopic (exact) mass is 969 g/mol. The quantitative estimate of drug-likeness (QED) is 0.0253. The number of rotatable bonds is 36. The number of hydrogen-bond donors (Lipinski definition) is 0. The molecule has 0 atom stereocenters. The summed E-state index contributed by atoms with van der Waals surface area (Å²) in [5, 5.41) is 0. The number of carbonyl (C=O) groups is 2. The SMILES string of the molecule is C[Si](C)(CCCCCCCCCCCOc1ccc(C(=O)OCc2ccccc2)cc1)O[Si](C)(C)O[Si](C)(C)CCCCCCCCCCCOc1ccc(C(=O)OCc2ccccc2)cc1. The molecule has 0 N–H and O–H groups in total. The third-order valence-corrected chi connectivity index (χ3v) is 23.5. The Morgan fingerprint density at radius 1 is 0.373 bits per heavy atom. The van der Waals surface area contributed by atoms with Gasteiger partial charge in [-0.05, 0) is 124 Å². The van der Waals surface area contributed by atoms with Gasteiger partial charge in [0, 0.05) is 0 Å². The zero-order chi connectivity index (χ0) is 48.1. The fourth-order valence-corrected chi connectivity index (χ4v) is 22.8. The molecular weight excluding hydrogens is 885 g/mol. The molecule has 0 fully saturated rings. The first-order chi connectivity index (χ1) is 32.3. The molecule has 0 aliphatic rings. The van der Waals surface area contributed by atoms with Gasteiger partial charge in [-0.25, -0.2) is 9.59 Å². The standard InChI is InChI=1S/C56H84O8Si3/c1-65(2,45-29-19-15-11-7-9-13-17-27-43-59-53-39-35-51(36-40-53)55(57)61-47-49-31-23-21-24-32-49)63-67(5,6)64-66(3,4)46-30-20-16-12-8-10-14-18-28-44-60-54-41-37-52(38-42-54)56(58)62-48-50-33-25-22-26-34-50/h21-26,31-42H,7-20,27-30,43-48H2,1-6H3. The lowest BCUT2D eigenvalue weighted by atomic mass is 10.1. The van der Waals surface area contributed by atoms with Crippen LogP contribution < -0.4 is 9.47 Å². The first-order valence-corrected chi connectivity index (χ1v) is 34.6. The van der Waals surface area contributed by atoms with Gasteiger partial charge in [-0.15, -0.1) is 0 Å². The topological polar surface area (TPSA) is 89.5 Å². The van der Waals surface area contributed by atoms with Crippen LogP contribution in [0.25, 0.3) is 0 Å². The zero-order valence-electron chi connectivity index (χ0n) is 42.1. The van der Waals surface area contributed by atoms with E-state index < -0.39 is 25.2 Å². The minimum Gasteiger partial charge on any atom is -0.494 e. The largest absolute Gasteiger partial charge is 0.494 e. The smallest absolute Gasteiger partial charge is 0.338 e. The van der Waals surface area contributed by atoms with Gasteiger partial charge in [0.05, 0.1) is 24.3 Å². The highest BCUT2D eigenvalue weighted by molar-refractivity contribution is 6.87. The fourth-order valence-electron chi connectivity index (χ4n) is 8.60. The molecule has 11 heteroatoms. The second-order valence-corrected chi connectivity index (χ2v) is 32.3. The van der Waals surface area contributed by atoms with E-state index in [4.69, 9.17) is 27.2 Å². The van der Waals surface area contributed by atoms with Gasteiger partial charge >= 0.3 is 20.5 Å². The van der Waals surface area contributed by atoms with E-state index in [-0.39, 0.29) is 25.2 Å². The van der Waals surface area contributed by atoms with E-state index in [1.165, 1.54) is 115 Å². The first kappa shape index (κ1) is 55.6. The molecule has 0 unspecified atom stereocenters. The summed E-state index contributed by atoms with van der Waals surface area (Å²) in [6, 6.07) is 36.4. The van der Waals surface area contributed by atoms with Crippen LogP contribution in [0.2, 0.25) is 51.4 Å². The lowest BCUT2D eigenvalue weighted by Gasteiger charge is -2.39. The number of esters is 2. The molecule has 0 aliphatic heterocycles. The minimum atomic E-state index is -2.18. The summed E-state index contributed by atoms with van der Waals surface area (Å²) in [5.41, 5.74) is 3.02. The van der Waals surface area contributed by atoms with Crippen LogP contribution in [0, 0.1) is 0 Å². The molecule has 0 heterocycles. The van der Waals surface area contributed by atoms with Crippen LogP contribution in [0.3, 0.4) is 0 Å². The summed E-state index contributed by atoms with van der Waals surface area (Å²) < 4.78 is 36.5. The highest BCUT2D eigenvalue weighted by Crippen LogP contribution is 2.28. The van der Waals surface area contributed by atoms with Gasteiger partial charge in [-0.2, -0.15) is 0 Å². The zero-order valence-corrected chi connectivity index (χ0v) is 45.1. The van der Waals surface area contributed by atoms with Crippen LogP contribution in [0.1, 0.15) is 147 Å². The summed E-state index contributed by atoms with van der Waals surface area (Å²) in [7, 11) is -5.73. The maximum absolute atomic E-state index is 12.4. The molecule has 0 saturated carbocycles. The molecule has 67 heavy (non-hydrogen) atoms. The summed E-state index contributed by atoms with van der Waals surface area (Å²) in [6.07, 6.45) is 22.5. The second-order valence-electron chi connectivity index (χ2n) is 19.9. The number of benzene rings is 4. The Bertz CT molecular complexity index is 1780. The molecule has 0 amide bonds. The van der Waals surface area contributed by atoms with Crippen molar-refractivity contribution in [1.82, 2.24) is 0 Å². The van der Waals surface area contributed by atoms with E-state index in [9.17, 15) is 9.59 Å². The van der Waals surface area contributed by atoms with Gasteiger partial charge < -0.3 is 27.2 Å². The first-order valence-electron chi connectivity index (χ1n) is 25.6. The van der Waals surface area contributed by atoms with Crippen molar-refractivity contribution in [3.05, 3.63) is 131 Å². The highest BCUT2D eigenvalue weighted by atomic mass is 28.5. The Morgan fingerprint density at radius 2 is 0.672 bits per heavy atom. The number of ether oxygens (including phenoxy) is 4. The van der Waals surface area contributed by atoms with E-state index in [2.05, 4.69) is 39.3 Å². The Kier molecular flexibility index (Phi) is 25.9. The van der Waals surface area contributed by atoms with Gasteiger partial charge in [0.2, 0.25) is 0 Å². The minimum absolute atomic E-state index is 0.272. The van der Waals surface area contributed by atoms with Gasteiger partial charge in [0.15, 0.2) is 16.6 Å². The average molecular weight is 970 g/mol. The lowest BCUT2D eigenvalue weighted by Crippen LogP contribution is -2.52. The second kappa shape index (κ2) is 31.2. The molecule has 4 aromatic rings. The van der Waals surface area contributed by atoms with Crippen molar-refractivity contribution in [2.45, 2.75) is 180 Å². The maximum atomic E-state index is 12.4. The molecule has 0 bridgehead atoms. The van der Waals surface area contributed by atoms with Crippen molar-refractivity contribution in [1.29, 1.82) is 0 Å². The van der Waals surface area contributed by atoms with E-state index in [1.54, 1.807) is 24.3 Å². The van der Waals surface area contributed by atoms with E-state index >= 15 is 0 Å². The molecule has 0 aromatic heterocycles. The number of hydrogen-bond acceptors (Lipinski definition) is 8. The summed E-state index contributed by atoms with van der Waals surface area (Å²) >= 11 is 0. The van der Waals surface area contributed by atoms with Crippen molar-refractivity contribution in [2.75, 3.05) is 13.2 Å². The third kappa shape index (κ3) is 25.3. The van der Waals surface area contributed by atoms with E-state index in [1.807, 2.05) is 84.9 Å². The van der Waals surface area contributed by atoms with Crippen LogP contribution in [0.15, 0.2) is 109 Å². The van der Waals surface area contributed by atoms with Crippen LogP contribution in [0.5, 0.6) is 11.5 Å². The van der Waals surface area contributed by atoms with Gasteiger partial charge in [-0.1, -0.05) is 163 Å². The van der Waals surface area contributed by atoms with Crippen LogP contribution in [-0.2, 0) is 30.9 Å². The molecule has 4 aromatic carbocycles. The van der Waals surface area contributed by atoms with Crippen molar-refractivity contribution >= 4 is 37.1 Å². The molecule has 0 saturated heterocycles. The molecular formula is C56H84O8Si3. The van der Waals surface area contributed by atoms with Crippen LogP contribution in [0.4, 0.5) is 0 Å². The summed E-state index contributed by atoms with van der Waals surface area (Å²) in [6.45, 7) is 16.1. The van der Waals surface area contributed by atoms with Crippen molar-refractivity contribution in [3.63, 3.8) is 0 Å². The van der Waals surface area contributed by atoms with Crippen molar-refractivity contribution < 1.29 is 36.8 Å². The maximum Gasteiger partial charge on any atom is 0.338 e. The van der Waals surface area contributed by atoms with Crippen molar-refractivity contribution in [2.24, 2.45) is 0 Å². The Balaban J connectivity index is 0.908. The number of unbranched alkanes of at least 4 members (excludes halogenated alkanes) is 16. The van der Waals surface area contributed by atoms with Gasteiger partial charge in [0.1, 0.15) is 24.7 Å². The van der Waals surface area contributed by atoms with Crippen molar-refractivity contribution in [3.8, 4) is 11.5 Å².